The van der Waals surface area contributed by atoms with Gasteiger partial charge < -0.3 is 14.4 Å². The largest absolute Gasteiger partial charge is 0.346 e. The summed E-state index contributed by atoms with van der Waals surface area (Å²) in [4.78, 5) is 14.7. The maximum atomic E-state index is 12.9. The minimum absolute atomic E-state index is 0.142. The molecule has 22 heavy (non-hydrogen) atoms. The summed E-state index contributed by atoms with van der Waals surface area (Å²) in [6.45, 7) is 6.43. The van der Waals surface area contributed by atoms with Gasteiger partial charge >= 0.3 is 0 Å². The molecule has 0 saturated carbocycles. The Labute approximate surface area is 136 Å². The average molecular weight is 324 g/mol. The standard InChI is InChI=1S/C17H22ClNO3/c1-16(2,11-13-4-3-5-14(18)10-13)15(20)19-7-6-17(12-19)21-8-9-22-17/h3-5,10H,6-9,11-12H2,1-2H3. The first-order chi connectivity index (χ1) is 10.4. The van der Waals surface area contributed by atoms with Gasteiger partial charge in [-0.2, -0.15) is 0 Å². The van der Waals surface area contributed by atoms with Crippen LogP contribution in [0.1, 0.15) is 25.8 Å². The molecule has 2 aliphatic heterocycles. The van der Waals surface area contributed by atoms with Crippen LogP contribution < -0.4 is 0 Å². The Morgan fingerprint density at radius 3 is 2.77 bits per heavy atom. The van der Waals surface area contributed by atoms with Gasteiger partial charge in [-0.3, -0.25) is 4.79 Å². The molecule has 1 aromatic carbocycles. The van der Waals surface area contributed by atoms with Gasteiger partial charge in [-0.15, -0.1) is 0 Å². The zero-order valence-electron chi connectivity index (χ0n) is 13.1. The highest BCUT2D eigenvalue weighted by molar-refractivity contribution is 6.30. The van der Waals surface area contributed by atoms with Gasteiger partial charge in [0.15, 0.2) is 5.79 Å². The highest BCUT2D eigenvalue weighted by atomic mass is 35.5. The molecule has 0 N–H and O–H groups in total. The van der Waals surface area contributed by atoms with Crippen LogP contribution in [0.25, 0.3) is 0 Å². The number of benzene rings is 1. The molecule has 2 saturated heterocycles. The molecule has 1 aromatic rings. The van der Waals surface area contributed by atoms with E-state index >= 15 is 0 Å². The third-order valence-electron chi connectivity index (χ3n) is 4.41. The number of amides is 1. The zero-order chi connectivity index (χ0) is 15.8. The van der Waals surface area contributed by atoms with Crippen molar-refractivity contribution in [1.82, 2.24) is 4.90 Å². The fraction of sp³-hybridized carbons (Fsp3) is 0.588. The lowest BCUT2D eigenvalue weighted by molar-refractivity contribution is -0.156. The summed E-state index contributed by atoms with van der Waals surface area (Å²) in [6, 6.07) is 7.70. The van der Waals surface area contributed by atoms with Crippen molar-refractivity contribution in [3.8, 4) is 0 Å². The molecule has 2 aliphatic rings. The van der Waals surface area contributed by atoms with Gasteiger partial charge in [-0.05, 0) is 24.1 Å². The van der Waals surface area contributed by atoms with E-state index in [9.17, 15) is 4.79 Å². The smallest absolute Gasteiger partial charge is 0.228 e. The van der Waals surface area contributed by atoms with Crippen LogP contribution >= 0.6 is 11.6 Å². The minimum atomic E-state index is -0.554. The molecule has 0 aliphatic carbocycles. The molecule has 1 amide bonds. The first-order valence-electron chi connectivity index (χ1n) is 7.72. The van der Waals surface area contributed by atoms with Crippen LogP contribution in [0.5, 0.6) is 0 Å². The molecule has 5 heteroatoms. The lowest BCUT2D eigenvalue weighted by Crippen LogP contribution is -2.43. The molecular weight excluding hydrogens is 302 g/mol. The molecule has 0 bridgehead atoms. The first-order valence-corrected chi connectivity index (χ1v) is 8.10. The zero-order valence-corrected chi connectivity index (χ0v) is 13.9. The van der Waals surface area contributed by atoms with Gasteiger partial charge in [-0.1, -0.05) is 37.6 Å². The monoisotopic (exact) mass is 323 g/mol. The van der Waals surface area contributed by atoms with Gasteiger partial charge in [0.2, 0.25) is 5.91 Å². The van der Waals surface area contributed by atoms with Crippen LogP contribution in [-0.4, -0.2) is 42.9 Å². The molecule has 120 valence electrons. The maximum Gasteiger partial charge on any atom is 0.228 e. The van der Waals surface area contributed by atoms with Crippen LogP contribution in [0.2, 0.25) is 5.02 Å². The number of ether oxygens (including phenoxy) is 2. The predicted octanol–water partition coefficient (Wildman–Crippen LogP) is 2.88. The molecule has 0 radical (unpaired) electrons. The molecule has 1 spiro atoms. The van der Waals surface area contributed by atoms with E-state index in [1.54, 1.807) is 0 Å². The van der Waals surface area contributed by atoms with Gasteiger partial charge in [-0.25, -0.2) is 0 Å². The van der Waals surface area contributed by atoms with Gasteiger partial charge in [0.1, 0.15) is 0 Å². The number of carbonyl (C=O) groups is 1. The normalized spacial score (nSPS) is 20.8. The fourth-order valence-corrected chi connectivity index (χ4v) is 3.53. The number of carbonyl (C=O) groups excluding carboxylic acids is 1. The van der Waals surface area contributed by atoms with Crippen LogP contribution in [0.3, 0.4) is 0 Å². The van der Waals surface area contributed by atoms with Crippen molar-refractivity contribution < 1.29 is 14.3 Å². The van der Waals surface area contributed by atoms with Crippen LogP contribution in [0.4, 0.5) is 0 Å². The molecule has 2 fully saturated rings. The lowest BCUT2D eigenvalue weighted by Gasteiger charge is -2.30. The third-order valence-corrected chi connectivity index (χ3v) is 4.64. The minimum Gasteiger partial charge on any atom is -0.346 e. The highest BCUT2D eigenvalue weighted by Crippen LogP contribution is 2.34. The number of nitrogens with zero attached hydrogens (tertiary/aromatic N) is 1. The number of rotatable bonds is 3. The van der Waals surface area contributed by atoms with Crippen molar-refractivity contribution in [3.63, 3.8) is 0 Å². The second-order valence-corrected chi connectivity index (χ2v) is 7.21. The molecule has 3 rings (SSSR count). The summed E-state index contributed by atoms with van der Waals surface area (Å²) in [6.07, 6.45) is 1.42. The molecule has 2 heterocycles. The van der Waals surface area contributed by atoms with Crippen molar-refractivity contribution in [2.24, 2.45) is 5.41 Å². The van der Waals surface area contributed by atoms with Crippen molar-refractivity contribution in [2.75, 3.05) is 26.3 Å². The fourth-order valence-electron chi connectivity index (χ4n) is 3.32. The van der Waals surface area contributed by atoms with Crippen LogP contribution in [0, 0.1) is 5.41 Å². The predicted molar refractivity (Wildman–Crippen MR) is 84.8 cm³/mol. The molecular formula is C17H22ClNO3. The Kier molecular flexibility index (Phi) is 4.19. The summed E-state index contributed by atoms with van der Waals surface area (Å²) in [5.74, 6) is -0.412. The van der Waals surface area contributed by atoms with E-state index in [4.69, 9.17) is 21.1 Å². The van der Waals surface area contributed by atoms with E-state index < -0.39 is 11.2 Å². The summed E-state index contributed by atoms with van der Waals surface area (Å²) in [5.41, 5.74) is 0.600. The molecule has 0 atom stereocenters. The summed E-state index contributed by atoms with van der Waals surface area (Å²) in [5, 5.41) is 0.702. The molecule has 0 aromatic heterocycles. The Hall–Kier alpha value is -1.10. The third kappa shape index (κ3) is 3.14. The van der Waals surface area contributed by atoms with Crippen molar-refractivity contribution >= 4 is 17.5 Å². The molecule has 4 nitrogen and oxygen atoms in total. The number of hydrogen-bond donors (Lipinski definition) is 0. The Morgan fingerprint density at radius 1 is 1.36 bits per heavy atom. The van der Waals surface area contributed by atoms with Crippen LogP contribution in [0.15, 0.2) is 24.3 Å². The Balaban J connectivity index is 1.68. The van der Waals surface area contributed by atoms with Gasteiger partial charge in [0.05, 0.1) is 19.8 Å². The first kappa shape index (κ1) is 15.8. The van der Waals surface area contributed by atoms with Crippen molar-refractivity contribution in [2.45, 2.75) is 32.5 Å². The van der Waals surface area contributed by atoms with E-state index in [1.807, 2.05) is 43.0 Å². The quantitative estimate of drug-likeness (QED) is 0.858. The Bertz CT molecular complexity index is 567. The van der Waals surface area contributed by atoms with Crippen LogP contribution in [-0.2, 0) is 20.7 Å². The number of likely N-dealkylation sites (tertiary alicyclic amines) is 1. The van der Waals surface area contributed by atoms with E-state index in [0.29, 0.717) is 37.7 Å². The van der Waals surface area contributed by atoms with Crippen molar-refractivity contribution in [3.05, 3.63) is 34.9 Å². The van der Waals surface area contributed by atoms with E-state index in [0.717, 1.165) is 12.0 Å². The lowest BCUT2D eigenvalue weighted by atomic mass is 9.84. The number of halogens is 1. The topological polar surface area (TPSA) is 38.8 Å². The number of hydrogen-bond acceptors (Lipinski definition) is 3. The Morgan fingerprint density at radius 2 is 2.09 bits per heavy atom. The van der Waals surface area contributed by atoms with E-state index in [2.05, 4.69) is 0 Å². The average Bonchev–Trinajstić information content (AvgIpc) is 3.08. The van der Waals surface area contributed by atoms with E-state index in [1.165, 1.54) is 0 Å². The highest BCUT2D eigenvalue weighted by Gasteiger charge is 2.47. The summed E-state index contributed by atoms with van der Waals surface area (Å²) < 4.78 is 11.4. The van der Waals surface area contributed by atoms with Crippen molar-refractivity contribution in [1.29, 1.82) is 0 Å². The summed E-state index contributed by atoms with van der Waals surface area (Å²) in [7, 11) is 0. The summed E-state index contributed by atoms with van der Waals surface area (Å²) >= 11 is 6.03. The second kappa shape index (κ2) is 5.84. The molecule has 0 unspecified atom stereocenters. The van der Waals surface area contributed by atoms with E-state index in [-0.39, 0.29) is 5.91 Å². The van der Waals surface area contributed by atoms with Gasteiger partial charge in [0.25, 0.3) is 0 Å². The maximum absolute atomic E-state index is 12.9. The SMILES string of the molecule is CC(C)(Cc1cccc(Cl)c1)C(=O)N1CCC2(C1)OCCO2. The second-order valence-electron chi connectivity index (χ2n) is 6.77. The van der Waals surface area contributed by atoms with Gasteiger partial charge in [0, 0.05) is 23.4 Å².